The highest BCUT2D eigenvalue weighted by atomic mass is 35.5. The summed E-state index contributed by atoms with van der Waals surface area (Å²) >= 11 is 0. The summed E-state index contributed by atoms with van der Waals surface area (Å²) in [6.45, 7) is 4.22. The van der Waals surface area contributed by atoms with Crippen molar-refractivity contribution in [3.05, 3.63) is 29.8 Å². The zero-order valence-corrected chi connectivity index (χ0v) is 16.1. The fourth-order valence-electron chi connectivity index (χ4n) is 4.78. The number of anilines is 1. The summed E-state index contributed by atoms with van der Waals surface area (Å²) in [6.07, 6.45) is 3.52. The second-order valence-corrected chi connectivity index (χ2v) is 7.83. The predicted molar refractivity (Wildman–Crippen MR) is 104 cm³/mol. The second kappa shape index (κ2) is 7.57. The van der Waals surface area contributed by atoms with Crippen LogP contribution in [0, 0.1) is 17.8 Å². The molecule has 6 heteroatoms. The van der Waals surface area contributed by atoms with Gasteiger partial charge in [0.15, 0.2) is 0 Å². The molecule has 142 valence electrons. The molecule has 3 fully saturated rings. The highest BCUT2D eigenvalue weighted by molar-refractivity contribution is 6.00. The second-order valence-electron chi connectivity index (χ2n) is 7.83. The molecular formula is C20H28ClN3O2. The zero-order valence-electron chi connectivity index (χ0n) is 15.3. The summed E-state index contributed by atoms with van der Waals surface area (Å²) in [6, 6.07) is 8.33. The minimum Gasteiger partial charge on any atom is -0.342 e. The first-order valence-corrected chi connectivity index (χ1v) is 9.50. The summed E-state index contributed by atoms with van der Waals surface area (Å²) in [4.78, 5) is 29.1. The molecule has 0 spiro atoms. The van der Waals surface area contributed by atoms with Gasteiger partial charge in [0.05, 0.1) is 5.92 Å². The maximum absolute atomic E-state index is 12.9. The van der Waals surface area contributed by atoms with E-state index in [1.807, 2.05) is 17.0 Å². The highest BCUT2D eigenvalue weighted by Crippen LogP contribution is 2.38. The molecule has 0 bridgehead atoms. The third kappa shape index (κ3) is 3.35. The summed E-state index contributed by atoms with van der Waals surface area (Å²) in [5.41, 5.74) is 8.33. The van der Waals surface area contributed by atoms with Crippen LogP contribution >= 0.6 is 12.4 Å². The molecule has 1 aliphatic carbocycles. The van der Waals surface area contributed by atoms with Crippen LogP contribution < -0.4 is 10.6 Å². The van der Waals surface area contributed by atoms with Gasteiger partial charge in [-0.05, 0) is 48.8 Å². The molecule has 5 nitrogen and oxygen atoms in total. The van der Waals surface area contributed by atoms with Gasteiger partial charge in [0, 0.05) is 37.8 Å². The van der Waals surface area contributed by atoms with Crippen molar-refractivity contribution in [2.45, 2.75) is 38.6 Å². The average molecular weight is 378 g/mol. The van der Waals surface area contributed by atoms with E-state index in [9.17, 15) is 9.59 Å². The highest BCUT2D eigenvalue weighted by Gasteiger charge is 2.45. The molecule has 2 heterocycles. The van der Waals surface area contributed by atoms with Crippen molar-refractivity contribution in [1.82, 2.24) is 4.90 Å². The Bertz CT molecular complexity index is 678. The predicted octanol–water partition coefficient (Wildman–Crippen LogP) is 2.22. The number of fused-ring (bicyclic) bond motifs is 1. The summed E-state index contributed by atoms with van der Waals surface area (Å²) in [5.74, 6) is 1.00. The zero-order chi connectivity index (χ0) is 17.6. The van der Waals surface area contributed by atoms with Gasteiger partial charge in [0.25, 0.3) is 0 Å². The molecule has 4 atom stereocenters. The van der Waals surface area contributed by atoms with E-state index in [4.69, 9.17) is 5.73 Å². The lowest BCUT2D eigenvalue weighted by Crippen LogP contribution is -2.38. The van der Waals surface area contributed by atoms with Crippen molar-refractivity contribution in [3.63, 3.8) is 0 Å². The van der Waals surface area contributed by atoms with Gasteiger partial charge in [0.2, 0.25) is 11.8 Å². The monoisotopic (exact) mass is 377 g/mol. The maximum atomic E-state index is 12.9. The number of nitrogens with two attached hydrogens (primary N) is 1. The Kier molecular flexibility index (Phi) is 5.58. The van der Waals surface area contributed by atoms with Crippen molar-refractivity contribution < 1.29 is 9.59 Å². The smallest absolute Gasteiger partial charge is 0.228 e. The Balaban J connectivity index is 0.00000196. The van der Waals surface area contributed by atoms with E-state index in [2.05, 4.69) is 19.1 Å². The minimum absolute atomic E-state index is 0. The number of nitrogens with zero attached hydrogens (tertiary/aromatic N) is 2. The number of halogens is 1. The fourth-order valence-corrected chi connectivity index (χ4v) is 4.78. The Morgan fingerprint density at radius 3 is 2.54 bits per heavy atom. The normalized spacial score (nSPS) is 30.5. The summed E-state index contributed by atoms with van der Waals surface area (Å²) in [5, 5.41) is 0. The number of carbonyl (C=O) groups is 2. The largest absolute Gasteiger partial charge is 0.342 e. The molecule has 2 aliphatic heterocycles. The number of hydrogen-bond donors (Lipinski definition) is 1. The number of aryl methyl sites for hydroxylation is 1. The number of carbonyl (C=O) groups excluding carboxylic acids is 2. The number of benzene rings is 1. The lowest BCUT2D eigenvalue weighted by Gasteiger charge is -2.22. The standard InChI is InChI=1S/C20H27N3O2.ClH/c1-2-13-3-6-16(7-4-13)23-11-15(9-19(23)24)20(25)22-10-14-5-8-18(21)17(14)12-22;/h3-4,6-7,14-15,17-18H,2,5,8-12,21H2,1H3;1H. The van der Waals surface area contributed by atoms with Crippen molar-refractivity contribution >= 4 is 29.9 Å². The van der Waals surface area contributed by atoms with E-state index in [1.54, 1.807) is 4.90 Å². The molecule has 1 aromatic carbocycles. The summed E-state index contributed by atoms with van der Waals surface area (Å²) in [7, 11) is 0. The van der Waals surface area contributed by atoms with Crippen molar-refractivity contribution in [3.8, 4) is 0 Å². The van der Waals surface area contributed by atoms with Crippen molar-refractivity contribution in [1.29, 1.82) is 0 Å². The van der Waals surface area contributed by atoms with Crippen molar-refractivity contribution in [2.24, 2.45) is 23.5 Å². The molecule has 4 rings (SSSR count). The Hall–Kier alpha value is -1.59. The van der Waals surface area contributed by atoms with Gasteiger partial charge in [-0.3, -0.25) is 9.59 Å². The fraction of sp³-hybridized carbons (Fsp3) is 0.600. The molecule has 2 N–H and O–H groups in total. The summed E-state index contributed by atoms with van der Waals surface area (Å²) < 4.78 is 0. The number of rotatable bonds is 3. The van der Waals surface area contributed by atoms with Gasteiger partial charge in [0.1, 0.15) is 0 Å². The number of amides is 2. The van der Waals surface area contributed by atoms with Crippen LogP contribution in [0.2, 0.25) is 0 Å². The van der Waals surface area contributed by atoms with E-state index in [0.717, 1.165) is 38.0 Å². The Morgan fingerprint density at radius 1 is 1.15 bits per heavy atom. The third-order valence-electron chi connectivity index (χ3n) is 6.35. The quantitative estimate of drug-likeness (QED) is 0.878. The average Bonchev–Trinajstić information content (AvgIpc) is 3.31. The number of hydrogen-bond acceptors (Lipinski definition) is 3. The molecule has 2 amide bonds. The molecule has 0 radical (unpaired) electrons. The van der Waals surface area contributed by atoms with Crippen LogP contribution in [0.4, 0.5) is 5.69 Å². The van der Waals surface area contributed by atoms with Gasteiger partial charge >= 0.3 is 0 Å². The third-order valence-corrected chi connectivity index (χ3v) is 6.35. The van der Waals surface area contributed by atoms with Crippen LogP contribution in [-0.2, 0) is 16.0 Å². The van der Waals surface area contributed by atoms with Crippen LogP contribution in [-0.4, -0.2) is 42.4 Å². The first-order chi connectivity index (χ1) is 12.1. The van der Waals surface area contributed by atoms with Crippen LogP contribution in [0.3, 0.4) is 0 Å². The first kappa shape index (κ1) is 19.2. The Morgan fingerprint density at radius 2 is 1.88 bits per heavy atom. The van der Waals surface area contributed by atoms with Gasteiger partial charge < -0.3 is 15.5 Å². The molecule has 1 aromatic rings. The van der Waals surface area contributed by atoms with E-state index < -0.39 is 0 Å². The van der Waals surface area contributed by atoms with Gasteiger partial charge in [-0.2, -0.15) is 0 Å². The van der Waals surface area contributed by atoms with Crippen LogP contribution in [0.25, 0.3) is 0 Å². The molecule has 2 saturated heterocycles. The van der Waals surface area contributed by atoms with Crippen LogP contribution in [0.1, 0.15) is 31.7 Å². The van der Waals surface area contributed by atoms with E-state index in [0.29, 0.717) is 24.8 Å². The van der Waals surface area contributed by atoms with E-state index in [1.165, 1.54) is 5.56 Å². The van der Waals surface area contributed by atoms with Gasteiger partial charge in [-0.1, -0.05) is 19.1 Å². The SMILES string of the molecule is CCc1ccc(N2CC(C(=O)N3CC4CCC(N)C4C3)CC2=O)cc1.Cl. The van der Waals surface area contributed by atoms with E-state index in [-0.39, 0.29) is 36.2 Å². The van der Waals surface area contributed by atoms with Crippen molar-refractivity contribution in [2.75, 3.05) is 24.5 Å². The molecule has 26 heavy (non-hydrogen) atoms. The van der Waals surface area contributed by atoms with Gasteiger partial charge in [-0.15, -0.1) is 12.4 Å². The lowest BCUT2D eigenvalue weighted by molar-refractivity contribution is -0.135. The molecule has 1 saturated carbocycles. The number of likely N-dealkylation sites (tertiary alicyclic amines) is 1. The molecule has 0 aromatic heterocycles. The van der Waals surface area contributed by atoms with E-state index >= 15 is 0 Å². The molecular weight excluding hydrogens is 350 g/mol. The first-order valence-electron chi connectivity index (χ1n) is 9.50. The van der Waals surface area contributed by atoms with Crippen LogP contribution in [0.5, 0.6) is 0 Å². The maximum Gasteiger partial charge on any atom is 0.228 e. The molecule has 3 aliphatic rings. The molecule has 4 unspecified atom stereocenters. The topological polar surface area (TPSA) is 66.6 Å². The Labute approximate surface area is 161 Å². The van der Waals surface area contributed by atoms with Gasteiger partial charge in [-0.25, -0.2) is 0 Å². The van der Waals surface area contributed by atoms with Crippen LogP contribution in [0.15, 0.2) is 24.3 Å². The lowest BCUT2D eigenvalue weighted by atomic mass is 9.98. The minimum atomic E-state index is -0.214.